The van der Waals surface area contributed by atoms with Crippen LogP contribution in [0.2, 0.25) is 5.02 Å². The number of fused-ring (bicyclic) bond motifs is 1. The Morgan fingerprint density at radius 2 is 1.71 bits per heavy atom. The molecule has 0 aliphatic carbocycles. The van der Waals surface area contributed by atoms with E-state index < -0.39 is 15.8 Å². The van der Waals surface area contributed by atoms with Crippen molar-refractivity contribution in [2.24, 2.45) is 0 Å². The van der Waals surface area contributed by atoms with E-state index in [0.29, 0.717) is 45.9 Å². The molecule has 0 aromatic heterocycles. The lowest BCUT2D eigenvalue weighted by atomic mass is 10.1. The summed E-state index contributed by atoms with van der Waals surface area (Å²) in [6, 6.07) is 9.86. The van der Waals surface area contributed by atoms with Crippen molar-refractivity contribution < 1.29 is 22.3 Å². The van der Waals surface area contributed by atoms with Gasteiger partial charge in [-0.1, -0.05) is 23.7 Å². The van der Waals surface area contributed by atoms with Crippen molar-refractivity contribution >= 4 is 21.6 Å². The molecule has 0 saturated carbocycles. The molecule has 0 amide bonds. The average molecular weight is 427 g/mol. The molecule has 0 radical (unpaired) electrons. The molecule has 1 saturated heterocycles. The van der Waals surface area contributed by atoms with Crippen molar-refractivity contribution in [3.63, 3.8) is 0 Å². The van der Waals surface area contributed by atoms with Crippen LogP contribution in [0.1, 0.15) is 5.56 Å². The van der Waals surface area contributed by atoms with Crippen LogP contribution in [0.3, 0.4) is 0 Å². The number of ether oxygens (including phenoxy) is 2. The van der Waals surface area contributed by atoms with E-state index in [-0.39, 0.29) is 9.92 Å². The average Bonchev–Trinajstić information content (AvgIpc) is 2.70. The van der Waals surface area contributed by atoms with Gasteiger partial charge in [0, 0.05) is 32.7 Å². The predicted octanol–water partition coefficient (Wildman–Crippen LogP) is 2.76. The largest absolute Gasteiger partial charge is 0.486 e. The Balaban J connectivity index is 1.41. The first-order valence-corrected chi connectivity index (χ1v) is 10.8. The molecule has 0 atom stereocenters. The molecular formula is C19H20ClFN2O4S. The van der Waals surface area contributed by atoms with Crippen LogP contribution in [0.4, 0.5) is 4.39 Å². The van der Waals surface area contributed by atoms with Crippen LogP contribution < -0.4 is 9.47 Å². The highest BCUT2D eigenvalue weighted by Crippen LogP contribution is 2.31. The lowest BCUT2D eigenvalue weighted by Crippen LogP contribution is -2.48. The van der Waals surface area contributed by atoms with Crippen molar-refractivity contribution in [3.05, 3.63) is 52.8 Å². The molecule has 2 aromatic carbocycles. The molecule has 2 aliphatic rings. The lowest BCUT2D eigenvalue weighted by Gasteiger charge is -2.34. The molecule has 1 fully saturated rings. The zero-order valence-corrected chi connectivity index (χ0v) is 16.7. The zero-order valence-electron chi connectivity index (χ0n) is 15.1. The summed E-state index contributed by atoms with van der Waals surface area (Å²) in [5, 5.41) is -0.196. The maximum Gasteiger partial charge on any atom is 0.246 e. The second kappa shape index (κ2) is 7.87. The first kappa shape index (κ1) is 19.4. The van der Waals surface area contributed by atoms with E-state index in [4.69, 9.17) is 21.1 Å². The van der Waals surface area contributed by atoms with Crippen LogP contribution in [-0.4, -0.2) is 57.0 Å². The first-order valence-electron chi connectivity index (χ1n) is 9.00. The van der Waals surface area contributed by atoms with E-state index >= 15 is 0 Å². The van der Waals surface area contributed by atoms with E-state index in [0.717, 1.165) is 17.1 Å². The molecule has 0 N–H and O–H groups in total. The van der Waals surface area contributed by atoms with E-state index in [1.165, 1.54) is 22.5 Å². The minimum atomic E-state index is -3.91. The Morgan fingerprint density at radius 3 is 2.46 bits per heavy atom. The first-order chi connectivity index (χ1) is 13.4. The van der Waals surface area contributed by atoms with Crippen molar-refractivity contribution in [1.82, 2.24) is 9.21 Å². The van der Waals surface area contributed by atoms with E-state index in [1.54, 1.807) is 0 Å². The summed E-state index contributed by atoms with van der Waals surface area (Å²) < 4.78 is 52.2. The molecule has 0 unspecified atom stereocenters. The summed E-state index contributed by atoms with van der Waals surface area (Å²) in [7, 11) is -3.91. The minimum absolute atomic E-state index is 0.196. The number of sulfonamides is 1. The topological polar surface area (TPSA) is 59.1 Å². The van der Waals surface area contributed by atoms with Gasteiger partial charge in [-0.25, -0.2) is 12.8 Å². The van der Waals surface area contributed by atoms with E-state index in [1.807, 2.05) is 18.2 Å². The second-order valence-corrected chi connectivity index (χ2v) is 9.02. The Bertz CT molecular complexity index is 978. The quantitative estimate of drug-likeness (QED) is 0.752. The number of nitrogens with zero attached hydrogens (tertiary/aromatic N) is 2. The minimum Gasteiger partial charge on any atom is -0.486 e. The molecule has 9 heteroatoms. The molecular weight excluding hydrogens is 407 g/mol. The van der Waals surface area contributed by atoms with Crippen LogP contribution in [0.15, 0.2) is 41.3 Å². The Hall–Kier alpha value is -1.87. The number of benzene rings is 2. The molecule has 6 nitrogen and oxygen atoms in total. The van der Waals surface area contributed by atoms with Crippen molar-refractivity contribution in [3.8, 4) is 11.5 Å². The van der Waals surface area contributed by atoms with Gasteiger partial charge in [-0.3, -0.25) is 4.90 Å². The van der Waals surface area contributed by atoms with Gasteiger partial charge in [0.2, 0.25) is 10.0 Å². The van der Waals surface area contributed by atoms with Gasteiger partial charge in [0.25, 0.3) is 0 Å². The number of hydrogen-bond acceptors (Lipinski definition) is 5. The van der Waals surface area contributed by atoms with E-state index in [9.17, 15) is 12.8 Å². The number of hydrogen-bond donors (Lipinski definition) is 0. The fraction of sp³-hybridized carbons (Fsp3) is 0.368. The summed E-state index contributed by atoms with van der Waals surface area (Å²) >= 11 is 5.74. The third-order valence-electron chi connectivity index (χ3n) is 4.88. The van der Waals surface area contributed by atoms with Crippen LogP contribution >= 0.6 is 11.6 Å². The smallest absolute Gasteiger partial charge is 0.246 e. The summed E-state index contributed by atoms with van der Waals surface area (Å²) in [6.07, 6.45) is 0. The number of halogens is 2. The van der Waals surface area contributed by atoms with Gasteiger partial charge >= 0.3 is 0 Å². The lowest BCUT2D eigenvalue weighted by molar-refractivity contribution is 0.168. The van der Waals surface area contributed by atoms with Crippen LogP contribution in [0.25, 0.3) is 0 Å². The third kappa shape index (κ3) is 3.82. The van der Waals surface area contributed by atoms with Gasteiger partial charge in [-0.2, -0.15) is 4.31 Å². The van der Waals surface area contributed by atoms with Gasteiger partial charge in [0.05, 0.1) is 5.02 Å². The summed E-state index contributed by atoms with van der Waals surface area (Å²) in [4.78, 5) is 1.78. The number of rotatable bonds is 4. The maximum atomic E-state index is 14.2. The molecule has 28 heavy (non-hydrogen) atoms. The summed E-state index contributed by atoms with van der Waals surface area (Å²) in [5.41, 5.74) is 1.07. The standard InChI is InChI=1S/C19H20ClFN2O4S/c20-15-2-1-3-18(19(15)21)28(24,25)23-8-6-22(7-9-23)13-14-4-5-16-17(12-14)27-11-10-26-16/h1-5,12H,6-11,13H2. The van der Waals surface area contributed by atoms with Crippen LogP contribution in [0, 0.1) is 5.82 Å². The fourth-order valence-corrected chi connectivity index (χ4v) is 5.13. The van der Waals surface area contributed by atoms with E-state index in [2.05, 4.69) is 4.90 Å². The fourth-order valence-electron chi connectivity index (χ4n) is 3.39. The Kier molecular flexibility index (Phi) is 5.46. The zero-order chi connectivity index (χ0) is 19.7. The van der Waals surface area contributed by atoms with Crippen LogP contribution in [-0.2, 0) is 16.6 Å². The van der Waals surface area contributed by atoms with Crippen molar-refractivity contribution in [2.75, 3.05) is 39.4 Å². The highest BCUT2D eigenvalue weighted by atomic mass is 35.5. The molecule has 2 heterocycles. The molecule has 2 aliphatic heterocycles. The molecule has 0 bridgehead atoms. The number of piperazine rings is 1. The van der Waals surface area contributed by atoms with Crippen molar-refractivity contribution in [2.45, 2.75) is 11.4 Å². The second-order valence-electron chi connectivity index (χ2n) is 6.71. The normalized spacial score (nSPS) is 18.2. The molecule has 0 spiro atoms. The SMILES string of the molecule is O=S(=O)(c1cccc(Cl)c1F)N1CCN(Cc2ccc3c(c2)OCCO3)CC1. The van der Waals surface area contributed by atoms with Crippen LogP contribution in [0.5, 0.6) is 11.5 Å². The predicted molar refractivity (Wildman–Crippen MR) is 103 cm³/mol. The van der Waals surface area contributed by atoms with Gasteiger partial charge in [-0.15, -0.1) is 0 Å². The van der Waals surface area contributed by atoms with Crippen molar-refractivity contribution in [1.29, 1.82) is 0 Å². The van der Waals surface area contributed by atoms with Gasteiger partial charge in [-0.05, 0) is 29.8 Å². The summed E-state index contributed by atoms with van der Waals surface area (Å²) in [6.45, 7) is 3.45. The molecule has 150 valence electrons. The molecule has 4 rings (SSSR count). The summed E-state index contributed by atoms with van der Waals surface area (Å²) in [5.74, 6) is 0.582. The highest BCUT2D eigenvalue weighted by molar-refractivity contribution is 7.89. The monoisotopic (exact) mass is 426 g/mol. The van der Waals surface area contributed by atoms with Gasteiger partial charge in [0.15, 0.2) is 17.3 Å². The molecule has 2 aromatic rings. The third-order valence-corrected chi connectivity index (χ3v) is 7.09. The van der Waals surface area contributed by atoms with Gasteiger partial charge < -0.3 is 9.47 Å². The Morgan fingerprint density at radius 1 is 1.00 bits per heavy atom. The van der Waals surface area contributed by atoms with Gasteiger partial charge in [0.1, 0.15) is 18.1 Å². The maximum absolute atomic E-state index is 14.2. The Labute approximate surface area is 168 Å². The highest BCUT2D eigenvalue weighted by Gasteiger charge is 2.31.